The number of phenolic OH excluding ortho intramolecular Hbond substituents is 1. The second-order valence-electron chi connectivity index (χ2n) is 9.10. The summed E-state index contributed by atoms with van der Waals surface area (Å²) in [6, 6.07) is 16.0. The standard InChI is InChI=1S/C28H27NO3/c1-16-7-6-8-18(13-16)14-23-25-19(26-22(32-23)12-11-21(30)27(26)31-5)9-10-20-24(25)17(2)15-28(3,4)29-20/h6-15,29-30H,1-5H3. The van der Waals surface area contributed by atoms with Crippen LogP contribution in [0.4, 0.5) is 5.69 Å². The zero-order chi connectivity index (χ0) is 22.6. The molecule has 0 bridgehead atoms. The quantitative estimate of drug-likeness (QED) is 0.470. The SMILES string of the molecule is COc1c(O)ccc2c1-c1ccc3c(c1C(=Cc1cccc(C)c1)O2)C(C)=CC(C)(C)N3. The van der Waals surface area contributed by atoms with Crippen molar-refractivity contribution >= 4 is 23.1 Å². The highest BCUT2D eigenvalue weighted by molar-refractivity contribution is 6.02. The fourth-order valence-corrected chi connectivity index (χ4v) is 4.86. The molecule has 2 heterocycles. The summed E-state index contributed by atoms with van der Waals surface area (Å²) in [6.45, 7) is 8.55. The van der Waals surface area contributed by atoms with Crippen LogP contribution in [0.5, 0.6) is 17.2 Å². The van der Waals surface area contributed by atoms with Crippen LogP contribution >= 0.6 is 0 Å². The highest BCUT2D eigenvalue weighted by atomic mass is 16.5. The summed E-state index contributed by atoms with van der Waals surface area (Å²) in [6.07, 6.45) is 4.33. The molecular formula is C28H27NO3. The lowest BCUT2D eigenvalue weighted by Crippen LogP contribution is -2.32. The topological polar surface area (TPSA) is 50.7 Å². The van der Waals surface area contributed by atoms with Crippen LogP contribution in [0.2, 0.25) is 0 Å². The molecule has 2 aliphatic heterocycles. The van der Waals surface area contributed by atoms with E-state index in [0.717, 1.165) is 39.3 Å². The number of hydrogen-bond acceptors (Lipinski definition) is 4. The first-order chi connectivity index (χ1) is 15.3. The number of hydrogen-bond donors (Lipinski definition) is 2. The van der Waals surface area contributed by atoms with Crippen LogP contribution in [0.25, 0.3) is 28.5 Å². The van der Waals surface area contributed by atoms with E-state index in [1.807, 2.05) is 0 Å². The minimum Gasteiger partial charge on any atom is -0.504 e. The van der Waals surface area contributed by atoms with Crippen molar-refractivity contribution in [2.75, 3.05) is 12.4 Å². The second kappa shape index (κ2) is 7.20. The predicted octanol–water partition coefficient (Wildman–Crippen LogP) is 6.87. The first-order valence-electron chi connectivity index (χ1n) is 10.8. The lowest BCUT2D eigenvalue weighted by molar-refractivity contribution is 0.371. The minimum absolute atomic E-state index is 0.0937. The van der Waals surface area contributed by atoms with Crippen LogP contribution in [0.1, 0.15) is 43.0 Å². The van der Waals surface area contributed by atoms with Gasteiger partial charge >= 0.3 is 0 Å². The van der Waals surface area contributed by atoms with Crippen molar-refractivity contribution < 1.29 is 14.6 Å². The highest BCUT2D eigenvalue weighted by Crippen LogP contribution is 2.54. The van der Waals surface area contributed by atoms with E-state index in [1.165, 1.54) is 11.1 Å². The van der Waals surface area contributed by atoms with Gasteiger partial charge in [0.15, 0.2) is 11.5 Å². The third-order valence-corrected chi connectivity index (χ3v) is 6.01. The second-order valence-corrected chi connectivity index (χ2v) is 9.10. The number of methoxy groups -OCH3 is 1. The molecule has 5 rings (SSSR count). The molecule has 3 aromatic rings. The van der Waals surface area contributed by atoms with Crippen molar-refractivity contribution in [1.82, 2.24) is 0 Å². The van der Waals surface area contributed by atoms with Crippen LogP contribution in [0.15, 0.2) is 54.6 Å². The molecule has 0 saturated heterocycles. The number of anilines is 1. The Kier molecular flexibility index (Phi) is 4.55. The third-order valence-electron chi connectivity index (χ3n) is 6.01. The molecule has 0 radical (unpaired) electrons. The first kappa shape index (κ1) is 20.3. The maximum absolute atomic E-state index is 10.5. The normalized spacial score (nSPS) is 16.8. The monoisotopic (exact) mass is 425 g/mol. The molecule has 32 heavy (non-hydrogen) atoms. The van der Waals surface area contributed by atoms with Crippen molar-refractivity contribution in [2.45, 2.75) is 33.2 Å². The van der Waals surface area contributed by atoms with Gasteiger partial charge in [0.05, 0.1) is 18.2 Å². The Labute approximate surface area is 188 Å². The lowest BCUT2D eigenvalue weighted by atomic mass is 9.82. The van der Waals surface area contributed by atoms with Crippen molar-refractivity contribution in [3.05, 3.63) is 76.9 Å². The minimum atomic E-state index is -0.144. The van der Waals surface area contributed by atoms with E-state index in [1.54, 1.807) is 19.2 Å². The van der Waals surface area contributed by atoms with Crippen molar-refractivity contribution in [2.24, 2.45) is 0 Å². The molecule has 162 valence electrons. The van der Waals surface area contributed by atoms with Gasteiger partial charge in [-0.2, -0.15) is 0 Å². The number of allylic oxidation sites excluding steroid dienone is 1. The van der Waals surface area contributed by atoms with E-state index in [0.29, 0.717) is 11.5 Å². The van der Waals surface area contributed by atoms with Gasteiger partial charge in [-0.05, 0) is 63.1 Å². The molecule has 0 aromatic heterocycles. The summed E-state index contributed by atoms with van der Waals surface area (Å²) < 4.78 is 12.1. The van der Waals surface area contributed by atoms with Crippen molar-refractivity contribution in [3.8, 4) is 28.4 Å². The largest absolute Gasteiger partial charge is 0.504 e. The fraction of sp³-hybridized carbons (Fsp3) is 0.214. The van der Waals surface area contributed by atoms with E-state index in [9.17, 15) is 5.11 Å². The summed E-state index contributed by atoms with van der Waals surface area (Å²) in [7, 11) is 1.57. The van der Waals surface area contributed by atoms with E-state index in [-0.39, 0.29) is 11.3 Å². The number of benzene rings is 3. The zero-order valence-electron chi connectivity index (χ0n) is 19.0. The highest BCUT2D eigenvalue weighted by Gasteiger charge is 2.33. The molecule has 0 atom stereocenters. The summed E-state index contributed by atoms with van der Waals surface area (Å²) in [5, 5.41) is 14.1. The molecule has 0 amide bonds. The average Bonchev–Trinajstić information content (AvgIpc) is 2.72. The van der Waals surface area contributed by atoms with Gasteiger partial charge in [0, 0.05) is 22.4 Å². The molecule has 0 saturated carbocycles. The number of aromatic hydroxyl groups is 1. The molecule has 0 fully saturated rings. The van der Waals surface area contributed by atoms with E-state index >= 15 is 0 Å². The number of aryl methyl sites for hydroxylation is 1. The van der Waals surface area contributed by atoms with E-state index in [2.05, 4.69) is 81.6 Å². The van der Waals surface area contributed by atoms with Crippen LogP contribution in [0, 0.1) is 6.92 Å². The van der Waals surface area contributed by atoms with Gasteiger partial charge in [-0.1, -0.05) is 42.0 Å². The molecule has 2 N–H and O–H groups in total. The smallest absolute Gasteiger partial charge is 0.172 e. The molecular weight excluding hydrogens is 398 g/mol. The molecule has 0 spiro atoms. The summed E-state index contributed by atoms with van der Waals surface area (Å²) >= 11 is 0. The maximum atomic E-state index is 10.5. The van der Waals surface area contributed by atoms with Gasteiger partial charge in [0.25, 0.3) is 0 Å². The Bertz CT molecular complexity index is 1310. The van der Waals surface area contributed by atoms with Crippen LogP contribution in [0.3, 0.4) is 0 Å². The third kappa shape index (κ3) is 3.23. The van der Waals surface area contributed by atoms with E-state index in [4.69, 9.17) is 9.47 Å². The van der Waals surface area contributed by atoms with E-state index < -0.39 is 0 Å². The van der Waals surface area contributed by atoms with Crippen molar-refractivity contribution in [1.29, 1.82) is 0 Å². The molecule has 4 nitrogen and oxygen atoms in total. The Balaban J connectivity index is 1.84. The first-order valence-corrected chi connectivity index (χ1v) is 10.8. The van der Waals surface area contributed by atoms with Gasteiger partial charge in [0.2, 0.25) is 0 Å². The van der Waals surface area contributed by atoms with Crippen LogP contribution in [-0.4, -0.2) is 17.8 Å². The van der Waals surface area contributed by atoms with Gasteiger partial charge in [0.1, 0.15) is 11.5 Å². The zero-order valence-corrected chi connectivity index (χ0v) is 19.0. The lowest BCUT2D eigenvalue weighted by Gasteiger charge is -2.35. The Morgan fingerprint density at radius 3 is 2.56 bits per heavy atom. The Hall–Kier alpha value is -3.66. The number of phenols is 1. The predicted molar refractivity (Wildman–Crippen MR) is 131 cm³/mol. The van der Waals surface area contributed by atoms with Gasteiger partial charge < -0.3 is 19.9 Å². The number of fused-ring (bicyclic) bond motifs is 5. The van der Waals surface area contributed by atoms with Gasteiger partial charge in [-0.3, -0.25) is 0 Å². The Morgan fingerprint density at radius 2 is 1.81 bits per heavy atom. The number of ether oxygens (including phenoxy) is 2. The average molecular weight is 426 g/mol. The molecule has 3 aromatic carbocycles. The molecule has 2 aliphatic rings. The van der Waals surface area contributed by atoms with Gasteiger partial charge in [-0.25, -0.2) is 0 Å². The summed E-state index contributed by atoms with van der Waals surface area (Å²) in [4.78, 5) is 0. The summed E-state index contributed by atoms with van der Waals surface area (Å²) in [5.74, 6) is 1.95. The molecule has 4 heteroatoms. The van der Waals surface area contributed by atoms with Crippen molar-refractivity contribution in [3.63, 3.8) is 0 Å². The number of rotatable bonds is 2. The Morgan fingerprint density at radius 1 is 1.00 bits per heavy atom. The van der Waals surface area contributed by atoms with Crippen LogP contribution in [-0.2, 0) is 0 Å². The molecule has 0 unspecified atom stereocenters. The van der Waals surface area contributed by atoms with Crippen LogP contribution < -0.4 is 14.8 Å². The summed E-state index contributed by atoms with van der Waals surface area (Å²) in [5.41, 5.74) is 8.22. The fourth-order valence-electron chi connectivity index (χ4n) is 4.86. The maximum Gasteiger partial charge on any atom is 0.172 e. The number of nitrogens with one attached hydrogen (secondary N) is 1. The van der Waals surface area contributed by atoms with Gasteiger partial charge in [-0.15, -0.1) is 0 Å². The molecule has 0 aliphatic carbocycles.